The Labute approximate surface area is 119 Å². The summed E-state index contributed by atoms with van der Waals surface area (Å²) in [5.41, 5.74) is 7.93. The predicted molar refractivity (Wildman–Crippen MR) is 77.7 cm³/mol. The third-order valence-electron chi connectivity index (χ3n) is 5.93. The molecule has 3 nitrogen and oxygen atoms in total. The van der Waals surface area contributed by atoms with Crippen molar-refractivity contribution >= 4 is 11.7 Å². The molecule has 1 aromatic rings. The Bertz CT molecular complexity index is 543. The van der Waals surface area contributed by atoms with Crippen LogP contribution in [-0.4, -0.2) is 11.1 Å². The second-order valence-corrected chi connectivity index (χ2v) is 7.31. The van der Waals surface area contributed by atoms with Gasteiger partial charge in [0.15, 0.2) is 0 Å². The lowest BCUT2D eigenvalue weighted by Gasteiger charge is -2.57. The maximum atomic E-state index is 11.3. The number of rotatable bonds is 2. The fourth-order valence-electron chi connectivity index (χ4n) is 5.54. The first-order valence-corrected chi connectivity index (χ1v) is 7.69. The zero-order chi connectivity index (χ0) is 13.9. The van der Waals surface area contributed by atoms with Gasteiger partial charge in [-0.15, -0.1) is 0 Å². The molecule has 5 rings (SSSR count). The minimum Gasteiger partial charge on any atom is -0.478 e. The molecule has 0 aliphatic heterocycles. The summed E-state index contributed by atoms with van der Waals surface area (Å²) < 4.78 is 0. The van der Waals surface area contributed by atoms with Gasteiger partial charge in [-0.25, -0.2) is 4.79 Å². The Balaban J connectivity index is 1.77. The zero-order valence-corrected chi connectivity index (χ0v) is 11.6. The number of carbonyl (C=O) groups is 1. The van der Waals surface area contributed by atoms with E-state index in [-0.39, 0.29) is 11.0 Å². The van der Waals surface area contributed by atoms with Crippen LogP contribution in [0.15, 0.2) is 18.2 Å². The van der Waals surface area contributed by atoms with Crippen molar-refractivity contribution in [2.45, 2.75) is 43.9 Å². The van der Waals surface area contributed by atoms with Crippen molar-refractivity contribution in [1.29, 1.82) is 0 Å². The van der Waals surface area contributed by atoms with Crippen LogP contribution in [0.3, 0.4) is 0 Å². The van der Waals surface area contributed by atoms with Gasteiger partial charge in [-0.3, -0.25) is 0 Å². The molecular weight excluding hydrogens is 250 g/mol. The third-order valence-corrected chi connectivity index (χ3v) is 5.93. The van der Waals surface area contributed by atoms with E-state index in [1.54, 1.807) is 6.07 Å². The molecule has 4 aliphatic carbocycles. The van der Waals surface area contributed by atoms with E-state index in [1.807, 2.05) is 6.07 Å². The Kier molecular flexibility index (Phi) is 2.45. The highest BCUT2D eigenvalue weighted by Gasteiger charge is 2.51. The highest BCUT2D eigenvalue weighted by atomic mass is 16.4. The summed E-state index contributed by atoms with van der Waals surface area (Å²) in [7, 11) is 0. The fourth-order valence-corrected chi connectivity index (χ4v) is 5.54. The lowest BCUT2D eigenvalue weighted by Crippen LogP contribution is -2.48. The van der Waals surface area contributed by atoms with Crippen LogP contribution < -0.4 is 5.73 Å². The van der Waals surface area contributed by atoms with E-state index in [0.29, 0.717) is 5.69 Å². The highest BCUT2D eigenvalue weighted by Crippen LogP contribution is 2.60. The van der Waals surface area contributed by atoms with Gasteiger partial charge in [-0.05, 0) is 79.4 Å². The molecule has 0 atom stereocenters. The van der Waals surface area contributed by atoms with Crippen molar-refractivity contribution in [3.8, 4) is 0 Å². The van der Waals surface area contributed by atoms with Gasteiger partial charge < -0.3 is 10.8 Å². The van der Waals surface area contributed by atoms with Gasteiger partial charge in [-0.2, -0.15) is 0 Å². The van der Waals surface area contributed by atoms with Crippen LogP contribution in [0.5, 0.6) is 0 Å². The molecule has 0 spiro atoms. The molecule has 3 N–H and O–H groups in total. The van der Waals surface area contributed by atoms with Crippen LogP contribution in [0.2, 0.25) is 0 Å². The fraction of sp³-hybridized carbons (Fsp3) is 0.588. The number of carboxylic acid groups (broad SMARTS) is 1. The second kappa shape index (κ2) is 4.00. The summed E-state index contributed by atoms with van der Waals surface area (Å²) in [4.78, 5) is 11.3. The number of nitrogen functional groups attached to an aromatic ring is 1. The number of hydrogen-bond donors (Lipinski definition) is 2. The number of benzene rings is 1. The topological polar surface area (TPSA) is 63.3 Å². The molecule has 0 saturated heterocycles. The molecule has 4 saturated carbocycles. The van der Waals surface area contributed by atoms with E-state index in [1.165, 1.54) is 44.1 Å². The Morgan fingerprint density at radius 3 is 2.15 bits per heavy atom. The van der Waals surface area contributed by atoms with Crippen LogP contribution >= 0.6 is 0 Å². The van der Waals surface area contributed by atoms with Crippen molar-refractivity contribution in [3.05, 3.63) is 29.3 Å². The Morgan fingerprint density at radius 1 is 1.10 bits per heavy atom. The van der Waals surface area contributed by atoms with Crippen molar-refractivity contribution in [2.75, 3.05) is 5.73 Å². The van der Waals surface area contributed by atoms with Crippen LogP contribution in [0.1, 0.15) is 54.4 Å². The first kappa shape index (κ1) is 12.2. The van der Waals surface area contributed by atoms with Crippen LogP contribution in [0.25, 0.3) is 0 Å². The van der Waals surface area contributed by atoms with E-state index in [0.717, 1.165) is 17.8 Å². The van der Waals surface area contributed by atoms with E-state index in [2.05, 4.69) is 6.07 Å². The normalized spacial score (nSPS) is 38.1. The van der Waals surface area contributed by atoms with Crippen LogP contribution in [0.4, 0.5) is 5.69 Å². The molecule has 1 aromatic carbocycles. The maximum Gasteiger partial charge on any atom is 0.337 e. The molecule has 4 fully saturated rings. The predicted octanol–water partition coefficient (Wildman–Crippen LogP) is 3.43. The number of anilines is 1. The smallest absolute Gasteiger partial charge is 0.337 e. The largest absolute Gasteiger partial charge is 0.478 e. The zero-order valence-electron chi connectivity index (χ0n) is 11.6. The summed E-state index contributed by atoms with van der Waals surface area (Å²) in [5, 5.41) is 9.29. The molecule has 0 radical (unpaired) electrons. The average molecular weight is 271 g/mol. The minimum absolute atomic E-state index is 0.243. The maximum absolute atomic E-state index is 11.3. The summed E-state index contributed by atoms with van der Waals surface area (Å²) in [6.07, 6.45) is 7.96. The average Bonchev–Trinajstić information content (AvgIpc) is 2.37. The lowest BCUT2D eigenvalue weighted by molar-refractivity contribution is -0.00520. The molecule has 4 bridgehead atoms. The van der Waals surface area contributed by atoms with E-state index in [4.69, 9.17) is 5.73 Å². The highest BCUT2D eigenvalue weighted by molar-refractivity contribution is 5.93. The number of carboxylic acids is 1. The number of hydrogen-bond acceptors (Lipinski definition) is 2. The standard InChI is InChI=1S/C17H21NO2/c18-15-2-1-13(6-14(15)16(19)20)17-7-10-3-11(8-17)5-12(4-10)9-17/h1-2,6,10-12H,3-5,7-9,18H2,(H,19,20). The van der Waals surface area contributed by atoms with Crippen molar-refractivity contribution in [3.63, 3.8) is 0 Å². The molecular formula is C17H21NO2. The monoisotopic (exact) mass is 271 g/mol. The molecule has 20 heavy (non-hydrogen) atoms. The number of nitrogens with two attached hydrogens (primary N) is 1. The molecule has 0 heterocycles. The van der Waals surface area contributed by atoms with Gasteiger partial charge in [0.1, 0.15) is 0 Å². The summed E-state index contributed by atoms with van der Waals surface area (Å²) in [6, 6.07) is 5.72. The van der Waals surface area contributed by atoms with E-state index >= 15 is 0 Å². The molecule has 0 amide bonds. The van der Waals surface area contributed by atoms with Crippen LogP contribution in [0, 0.1) is 17.8 Å². The summed E-state index contributed by atoms with van der Waals surface area (Å²) in [5.74, 6) is 1.69. The number of aromatic carboxylic acids is 1. The summed E-state index contributed by atoms with van der Waals surface area (Å²) in [6.45, 7) is 0. The molecule has 0 unspecified atom stereocenters. The second-order valence-electron chi connectivity index (χ2n) is 7.31. The van der Waals surface area contributed by atoms with Gasteiger partial charge in [0.05, 0.1) is 5.56 Å². The van der Waals surface area contributed by atoms with Gasteiger partial charge in [0.25, 0.3) is 0 Å². The lowest BCUT2D eigenvalue weighted by atomic mass is 9.48. The molecule has 0 aromatic heterocycles. The Morgan fingerprint density at radius 2 is 1.65 bits per heavy atom. The van der Waals surface area contributed by atoms with Gasteiger partial charge in [0.2, 0.25) is 0 Å². The first-order chi connectivity index (χ1) is 9.56. The molecule has 106 valence electrons. The first-order valence-electron chi connectivity index (χ1n) is 7.69. The van der Waals surface area contributed by atoms with Gasteiger partial charge in [-0.1, -0.05) is 6.07 Å². The van der Waals surface area contributed by atoms with Crippen molar-refractivity contribution in [2.24, 2.45) is 17.8 Å². The van der Waals surface area contributed by atoms with Crippen LogP contribution in [-0.2, 0) is 5.41 Å². The SMILES string of the molecule is Nc1ccc(C23CC4CC(CC(C4)C2)C3)cc1C(=O)O. The van der Waals surface area contributed by atoms with Gasteiger partial charge in [0, 0.05) is 5.69 Å². The third kappa shape index (κ3) is 1.68. The quantitative estimate of drug-likeness (QED) is 0.810. The molecule has 3 heteroatoms. The van der Waals surface area contributed by atoms with E-state index in [9.17, 15) is 9.90 Å². The van der Waals surface area contributed by atoms with Crippen molar-refractivity contribution in [1.82, 2.24) is 0 Å². The van der Waals surface area contributed by atoms with Gasteiger partial charge >= 0.3 is 5.97 Å². The summed E-state index contributed by atoms with van der Waals surface area (Å²) >= 11 is 0. The Hall–Kier alpha value is -1.51. The van der Waals surface area contributed by atoms with E-state index < -0.39 is 5.97 Å². The molecule has 4 aliphatic rings. The minimum atomic E-state index is -0.908. The van der Waals surface area contributed by atoms with Crippen molar-refractivity contribution < 1.29 is 9.90 Å².